The molecule has 4 aromatic rings. The van der Waals surface area contributed by atoms with Crippen molar-refractivity contribution in [1.29, 1.82) is 0 Å². The van der Waals surface area contributed by atoms with Crippen molar-refractivity contribution in [2.24, 2.45) is 0 Å². The monoisotopic (exact) mass is 569 g/mol. The Kier molecular flexibility index (Phi) is 7.99. The van der Waals surface area contributed by atoms with Crippen LogP contribution in [0.25, 0.3) is 10.2 Å². The van der Waals surface area contributed by atoms with Crippen LogP contribution in [0, 0.1) is 0 Å². The van der Waals surface area contributed by atoms with Gasteiger partial charge in [-0.15, -0.1) is 11.3 Å². The summed E-state index contributed by atoms with van der Waals surface area (Å²) < 4.78 is 34.5. The van der Waals surface area contributed by atoms with Crippen LogP contribution in [-0.4, -0.2) is 50.4 Å². The van der Waals surface area contributed by atoms with Crippen LogP contribution in [0.1, 0.15) is 39.7 Å². The maximum atomic E-state index is 13.3. The molecule has 0 aliphatic carbocycles. The van der Waals surface area contributed by atoms with Gasteiger partial charge < -0.3 is 10.1 Å². The first kappa shape index (κ1) is 26.6. The molecule has 1 saturated heterocycles. The number of nitrogens with one attached hydrogen (secondary N) is 1. The fourth-order valence-corrected chi connectivity index (χ4v) is 7.44. The number of fused-ring (bicyclic) bond motifs is 1. The fraction of sp³-hybridized carbons (Fsp3) is 0.286. The molecule has 0 bridgehead atoms. The number of thiazole rings is 1. The van der Waals surface area contributed by atoms with Crippen molar-refractivity contribution in [3.8, 4) is 5.75 Å². The summed E-state index contributed by atoms with van der Waals surface area (Å²) >= 11 is 7.72. The molecule has 38 heavy (non-hydrogen) atoms. The topological polar surface area (TPSA) is 88.6 Å². The number of nitrogens with zero attached hydrogens (tertiary/aromatic N) is 2. The first-order chi connectivity index (χ1) is 18.3. The van der Waals surface area contributed by atoms with Crippen molar-refractivity contribution in [1.82, 2.24) is 14.6 Å². The second kappa shape index (κ2) is 11.4. The molecule has 0 unspecified atom stereocenters. The first-order valence-corrected chi connectivity index (χ1v) is 15.0. The van der Waals surface area contributed by atoms with E-state index in [-0.39, 0.29) is 16.7 Å². The number of rotatable bonds is 8. The maximum absolute atomic E-state index is 13.3. The number of hydrogen-bond acceptors (Lipinski definition) is 6. The van der Waals surface area contributed by atoms with E-state index in [1.807, 2.05) is 18.2 Å². The lowest BCUT2D eigenvalue weighted by molar-refractivity contribution is 0.0951. The van der Waals surface area contributed by atoms with Crippen LogP contribution in [0.3, 0.4) is 0 Å². The zero-order valence-corrected chi connectivity index (χ0v) is 23.3. The van der Waals surface area contributed by atoms with E-state index >= 15 is 0 Å². The number of amides is 1. The summed E-state index contributed by atoms with van der Waals surface area (Å²) in [4.78, 5) is 17.6. The molecule has 3 aromatic carbocycles. The molecule has 0 saturated carbocycles. The molecule has 0 radical (unpaired) electrons. The van der Waals surface area contributed by atoms with Gasteiger partial charge in [0.2, 0.25) is 10.0 Å². The normalized spacial score (nSPS) is 15.0. The van der Waals surface area contributed by atoms with E-state index < -0.39 is 10.0 Å². The molecule has 1 amide bonds. The van der Waals surface area contributed by atoms with Crippen LogP contribution >= 0.6 is 22.9 Å². The lowest BCUT2D eigenvalue weighted by Crippen LogP contribution is -2.37. The van der Waals surface area contributed by atoms with Crippen molar-refractivity contribution in [3.05, 3.63) is 87.9 Å². The van der Waals surface area contributed by atoms with Gasteiger partial charge in [0.1, 0.15) is 5.75 Å². The highest BCUT2D eigenvalue weighted by molar-refractivity contribution is 7.89. The summed E-state index contributed by atoms with van der Waals surface area (Å²) in [6.45, 7) is 1.34. The SMILES string of the molecule is COc1ccc(Cl)cc1C(=O)NCCc1ccc(S(=O)(=O)N2CCC(c3nc4ccccc4s3)CC2)cc1. The van der Waals surface area contributed by atoms with Gasteiger partial charge >= 0.3 is 0 Å². The number of carbonyl (C=O) groups is 1. The van der Waals surface area contributed by atoms with E-state index in [1.54, 1.807) is 58.1 Å². The van der Waals surface area contributed by atoms with Crippen molar-refractivity contribution in [2.45, 2.75) is 30.1 Å². The summed E-state index contributed by atoms with van der Waals surface area (Å²) in [6.07, 6.45) is 2.07. The quantitative estimate of drug-likeness (QED) is 0.303. The van der Waals surface area contributed by atoms with Gasteiger partial charge in [0.25, 0.3) is 5.91 Å². The third kappa shape index (κ3) is 5.71. The lowest BCUT2D eigenvalue weighted by atomic mass is 9.99. The highest BCUT2D eigenvalue weighted by Crippen LogP contribution is 2.35. The van der Waals surface area contributed by atoms with Crippen LogP contribution in [0.2, 0.25) is 5.02 Å². The largest absolute Gasteiger partial charge is 0.496 e. The molecule has 198 valence electrons. The van der Waals surface area contributed by atoms with Crippen LogP contribution in [0.4, 0.5) is 0 Å². The summed E-state index contributed by atoms with van der Waals surface area (Å²) in [5, 5.41) is 4.41. The number of benzene rings is 3. The Balaban J connectivity index is 1.15. The van der Waals surface area contributed by atoms with Gasteiger partial charge in [-0.25, -0.2) is 13.4 Å². The van der Waals surface area contributed by atoms with Crippen LogP contribution in [-0.2, 0) is 16.4 Å². The van der Waals surface area contributed by atoms with E-state index in [9.17, 15) is 13.2 Å². The van der Waals surface area contributed by atoms with E-state index in [0.29, 0.717) is 42.4 Å². The Morgan fingerprint density at radius 1 is 1.11 bits per heavy atom. The number of piperidine rings is 1. The Bertz CT molecular complexity index is 1510. The molecular weight excluding hydrogens is 542 g/mol. The van der Waals surface area contributed by atoms with Gasteiger partial charge in [0.05, 0.1) is 32.8 Å². The van der Waals surface area contributed by atoms with Crippen molar-refractivity contribution < 1.29 is 17.9 Å². The molecule has 1 aliphatic heterocycles. The molecule has 1 aliphatic rings. The summed E-state index contributed by atoms with van der Waals surface area (Å²) in [5.74, 6) is 0.451. The average molecular weight is 570 g/mol. The number of aromatic nitrogens is 1. The number of methoxy groups -OCH3 is 1. The summed E-state index contributed by atoms with van der Waals surface area (Å²) in [6, 6.07) is 19.9. The standard InChI is InChI=1S/C28H28ClN3O4S2/c1-36-25-11-8-21(29)18-23(25)27(33)30-15-12-19-6-9-22(10-7-19)38(34,35)32-16-13-20(14-17-32)28-31-24-4-2-3-5-26(24)37-28/h2-11,18,20H,12-17H2,1H3,(H,30,33). The number of carbonyl (C=O) groups excluding carboxylic acids is 1. The van der Waals surface area contributed by atoms with Gasteiger partial charge in [-0.2, -0.15) is 4.31 Å². The summed E-state index contributed by atoms with van der Waals surface area (Å²) in [7, 11) is -2.07. The number of sulfonamides is 1. The van der Waals surface area contributed by atoms with E-state index in [1.165, 1.54) is 11.8 Å². The average Bonchev–Trinajstić information content (AvgIpc) is 3.38. The smallest absolute Gasteiger partial charge is 0.255 e. The number of halogens is 1. The van der Waals surface area contributed by atoms with Crippen LogP contribution in [0.15, 0.2) is 71.6 Å². The second-order valence-corrected chi connectivity index (χ2v) is 12.6. The van der Waals surface area contributed by atoms with Crippen molar-refractivity contribution >= 4 is 49.1 Å². The Morgan fingerprint density at radius 2 is 1.84 bits per heavy atom. The Hall–Kier alpha value is -2.98. The minimum atomic E-state index is -3.57. The van der Waals surface area contributed by atoms with Gasteiger partial charge in [0, 0.05) is 30.6 Å². The van der Waals surface area contributed by atoms with Gasteiger partial charge in [-0.3, -0.25) is 4.79 Å². The third-order valence-electron chi connectivity index (χ3n) is 6.78. The van der Waals surface area contributed by atoms with Crippen LogP contribution in [0.5, 0.6) is 5.75 Å². The molecule has 7 nitrogen and oxygen atoms in total. The molecule has 2 heterocycles. The number of ether oxygens (including phenoxy) is 1. The maximum Gasteiger partial charge on any atom is 0.255 e. The molecule has 1 fully saturated rings. The summed E-state index contributed by atoms with van der Waals surface area (Å²) in [5.41, 5.74) is 2.30. The highest BCUT2D eigenvalue weighted by Gasteiger charge is 2.31. The predicted molar refractivity (Wildman–Crippen MR) is 151 cm³/mol. The lowest BCUT2D eigenvalue weighted by Gasteiger charge is -2.30. The number of hydrogen-bond donors (Lipinski definition) is 1. The van der Waals surface area contributed by atoms with E-state index in [4.69, 9.17) is 21.3 Å². The van der Waals surface area contributed by atoms with Crippen LogP contribution < -0.4 is 10.1 Å². The molecule has 1 N–H and O–H groups in total. The van der Waals surface area contributed by atoms with Crippen molar-refractivity contribution in [2.75, 3.05) is 26.7 Å². The Labute approximate surface area is 231 Å². The third-order valence-corrected chi connectivity index (χ3v) is 10.1. The zero-order valence-electron chi connectivity index (χ0n) is 20.9. The molecule has 0 spiro atoms. The van der Waals surface area contributed by atoms with Gasteiger partial charge in [-0.05, 0) is 67.3 Å². The van der Waals surface area contributed by atoms with Gasteiger partial charge in [-0.1, -0.05) is 35.9 Å². The van der Waals surface area contributed by atoms with Gasteiger partial charge in [0.15, 0.2) is 0 Å². The molecule has 0 atom stereocenters. The second-order valence-electron chi connectivity index (χ2n) is 9.19. The zero-order chi connectivity index (χ0) is 26.7. The fourth-order valence-electron chi connectivity index (χ4n) is 4.66. The number of para-hydroxylation sites is 1. The first-order valence-electron chi connectivity index (χ1n) is 12.4. The molecule has 10 heteroatoms. The molecule has 5 rings (SSSR count). The Morgan fingerprint density at radius 3 is 2.55 bits per heavy atom. The highest BCUT2D eigenvalue weighted by atomic mass is 35.5. The minimum absolute atomic E-state index is 0.280. The molecular formula is C28H28ClN3O4S2. The minimum Gasteiger partial charge on any atom is -0.496 e. The van der Waals surface area contributed by atoms with E-state index in [2.05, 4.69) is 11.4 Å². The van der Waals surface area contributed by atoms with E-state index in [0.717, 1.165) is 28.9 Å². The van der Waals surface area contributed by atoms with Crippen molar-refractivity contribution in [3.63, 3.8) is 0 Å². The predicted octanol–water partition coefficient (Wildman–Crippen LogP) is 5.50. The molecule has 1 aromatic heterocycles.